The van der Waals surface area contributed by atoms with Gasteiger partial charge in [0.25, 0.3) is 0 Å². The summed E-state index contributed by atoms with van der Waals surface area (Å²) in [5.74, 6) is 0. The number of hydrogen-bond donors (Lipinski definition) is 0. The fourth-order valence-electron chi connectivity index (χ4n) is 1.32. The summed E-state index contributed by atoms with van der Waals surface area (Å²) < 4.78 is 0. The van der Waals surface area contributed by atoms with Crippen LogP contribution in [-0.2, 0) is 0 Å². The molecule has 9 heavy (non-hydrogen) atoms. The average molecular weight is 189 g/mol. The van der Waals surface area contributed by atoms with E-state index in [0.29, 0.717) is 4.83 Å². The molecule has 0 amide bonds. The average Bonchev–Trinajstić information content (AvgIpc) is 1.89. The van der Waals surface area contributed by atoms with Crippen LogP contribution >= 0.6 is 15.9 Å². The van der Waals surface area contributed by atoms with Crippen molar-refractivity contribution in [2.75, 3.05) is 0 Å². The highest BCUT2D eigenvalue weighted by Crippen LogP contribution is 2.28. The molecule has 0 aromatic heterocycles. The fraction of sp³-hybridized carbons (Fsp3) is 0.750. The van der Waals surface area contributed by atoms with Crippen molar-refractivity contribution in [1.29, 1.82) is 0 Å². The standard InChI is InChI=1S/C8H13Br/c1-2-7-5-3-4-6-8(7)9/h2,8H,3-6H2,1H3. The number of halogens is 1. The van der Waals surface area contributed by atoms with Crippen LogP contribution in [0.5, 0.6) is 0 Å². The Morgan fingerprint density at radius 3 is 2.78 bits per heavy atom. The monoisotopic (exact) mass is 188 g/mol. The lowest BCUT2D eigenvalue weighted by atomic mass is 9.95. The van der Waals surface area contributed by atoms with Gasteiger partial charge in [0, 0.05) is 4.83 Å². The number of rotatable bonds is 0. The van der Waals surface area contributed by atoms with E-state index in [4.69, 9.17) is 0 Å². The summed E-state index contributed by atoms with van der Waals surface area (Å²) in [5, 5.41) is 0. The second kappa shape index (κ2) is 3.40. The van der Waals surface area contributed by atoms with Gasteiger partial charge in [0.1, 0.15) is 0 Å². The highest BCUT2D eigenvalue weighted by atomic mass is 79.9. The van der Waals surface area contributed by atoms with Gasteiger partial charge < -0.3 is 0 Å². The van der Waals surface area contributed by atoms with Gasteiger partial charge in [-0.3, -0.25) is 0 Å². The molecule has 0 radical (unpaired) electrons. The minimum absolute atomic E-state index is 0.691. The second-order valence-corrected chi connectivity index (χ2v) is 3.68. The molecule has 1 unspecified atom stereocenters. The molecule has 0 aromatic carbocycles. The van der Waals surface area contributed by atoms with Gasteiger partial charge in [-0.1, -0.05) is 34.0 Å². The predicted octanol–water partition coefficient (Wildman–Crippen LogP) is 3.27. The third kappa shape index (κ3) is 1.82. The van der Waals surface area contributed by atoms with Gasteiger partial charge in [-0.2, -0.15) is 0 Å². The van der Waals surface area contributed by atoms with E-state index in [1.54, 1.807) is 5.57 Å². The van der Waals surface area contributed by atoms with Crippen LogP contribution in [-0.4, -0.2) is 4.83 Å². The molecular weight excluding hydrogens is 176 g/mol. The predicted molar refractivity (Wildman–Crippen MR) is 44.9 cm³/mol. The van der Waals surface area contributed by atoms with Crippen molar-refractivity contribution in [1.82, 2.24) is 0 Å². The first-order valence-electron chi connectivity index (χ1n) is 3.63. The van der Waals surface area contributed by atoms with E-state index in [-0.39, 0.29) is 0 Å². The van der Waals surface area contributed by atoms with Crippen molar-refractivity contribution in [2.24, 2.45) is 0 Å². The molecule has 0 bridgehead atoms. The van der Waals surface area contributed by atoms with Gasteiger partial charge in [-0.15, -0.1) is 0 Å². The maximum absolute atomic E-state index is 3.65. The van der Waals surface area contributed by atoms with E-state index in [1.165, 1.54) is 25.7 Å². The Labute approximate surface area is 65.5 Å². The van der Waals surface area contributed by atoms with Crippen molar-refractivity contribution >= 4 is 15.9 Å². The highest BCUT2D eigenvalue weighted by Gasteiger charge is 2.13. The lowest BCUT2D eigenvalue weighted by Gasteiger charge is -2.19. The minimum atomic E-state index is 0.691. The van der Waals surface area contributed by atoms with Crippen LogP contribution in [0.3, 0.4) is 0 Å². The largest absolute Gasteiger partial charge is 0.0873 e. The highest BCUT2D eigenvalue weighted by molar-refractivity contribution is 9.09. The molecule has 1 saturated carbocycles. The van der Waals surface area contributed by atoms with Crippen molar-refractivity contribution in [2.45, 2.75) is 37.4 Å². The van der Waals surface area contributed by atoms with E-state index in [2.05, 4.69) is 28.9 Å². The van der Waals surface area contributed by atoms with E-state index in [1.807, 2.05) is 0 Å². The van der Waals surface area contributed by atoms with Gasteiger partial charge in [0.2, 0.25) is 0 Å². The molecule has 0 aromatic rings. The molecule has 1 rings (SSSR count). The summed E-state index contributed by atoms with van der Waals surface area (Å²) >= 11 is 3.65. The molecule has 0 saturated heterocycles. The van der Waals surface area contributed by atoms with Gasteiger partial charge in [-0.05, 0) is 26.2 Å². The zero-order valence-corrected chi connectivity index (χ0v) is 7.45. The van der Waals surface area contributed by atoms with Crippen LogP contribution in [0.4, 0.5) is 0 Å². The summed E-state index contributed by atoms with van der Waals surface area (Å²) in [5.41, 5.74) is 1.60. The SMILES string of the molecule is CC=C1CCCCC1Br. The molecule has 0 spiro atoms. The van der Waals surface area contributed by atoms with Crippen LogP contribution in [0, 0.1) is 0 Å². The first-order chi connectivity index (χ1) is 4.34. The van der Waals surface area contributed by atoms with Crippen LogP contribution < -0.4 is 0 Å². The number of alkyl halides is 1. The molecule has 0 aliphatic heterocycles. The smallest absolute Gasteiger partial charge is 0.0354 e. The summed E-state index contributed by atoms with van der Waals surface area (Å²) in [6.45, 7) is 2.13. The number of allylic oxidation sites excluding steroid dienone is 2. The van der Waals surface area contributed by atoms with Crippen molar-refractivity contribution in [3.05, 3.63) is 11.6 Å². The normalized spacial score (nSPS) is 33.1. The zero-order valence-electron chi connectivity index (χ0n) is 5.86. The summed E-state index contributed by atoms with van der Waals surface area (Å²) in [7, 11) is 0. The fourth-order valence-corrected chi connectivity index (χ4v) is 2.14. The lowest BCUT2D eigenvalue weighted by Crippen LogP contribution is -2.07. The van der Waals surface area contributed by atoms with Crippen molar-refractivity contribution in [3.63, 3.8) is 0 Å². The Hall–Kier alpha value is 0.220. The lowest BCUT2D eigenvalue weighted by molar-refractivity contribution is 0.613. The molecular formula is C8H13Br. The van der Waals surface area contributed by atoms with Crippen LogP contribution in [0.25, 0.3) is 0 Å². The Balaban J connectivity index is 2.49. The Morgan fingerprint density at radius 2 is 2.33 bits per heavy atom. The molecule has 0 nitrogen and oxygen atoms in total. The van der Waals surface area contributed by atoms with Gasteiger partial charge >= 0.3 is 0 Å². The van der Waals surface area contributed by atoms with Crippen LogP contribution in [0.2, 0.25) is 0 Å². The Kier molecular flexibility index (Phi) is 2.77. The zero-order chi connectivity index (χ0) is 6.69. The molecule has 0 heterocycles. The third-order valence-corrected chi connectivity index (χ3v) is 2.99. The van der Waals surface area contributed by atoms with E-state index in [9.17, 15) is 0 Å². The summed E-state index contributed by atoms with van der Waals surface area (Å²) in [4.78, 5) is 0.691. The minimum Gasteiger partial charge on any atom is -0.0873 e. The van der Waals surface area contributed by atoms with Crippen molar-refractivity contribution in [3.8, 4) is 0 Å². The Bertz CT molecular complexity index is 116. The maximum Gasteiger partial charge on any atom is 0.0354 e. The summed E-state index contributed by atoms with van der Waals surface area (Å²) in [6, 6.07) is 0. The topological polar surface area (TPSA) is 0 Å². The van der Waals surface area contributed by atoms with E-state index < -0.39 is 0 Å². The maximum atomic E-state index is 3.65. The Morgan fingerprint density at radius 1 is 1.56 bits per heavy atom. The first-order valence-corrected chi connectivity index (χ1v) is 4.55. The molecule has 1 aliphatic rings. The first kappa shape index (κ1) is 7.33. The molecule has 1 heteroatoms. The summed E-state index contributed by atoms with van der Waals surface area (Å²) in [6.07, 6.45) is 7.68. The quantitative estimate of drug-likeness (QED) is 0.405. The molecule has 1 atom stereocenters. The molecule has 0 N–H and O–H groups in total. The second-order valence-electron chi connectivity index (χ2n) is 2.58. The van der Waals surface area contributed by atoms with E-state index in [0.717, 1.165) is 0 Å². The van der Waals surface area contributed by atoms with Crippen molar-refractivity contribution < 1.29 is 0 Å². The molecule has 52 valence electrons. The van der Waals surface area contributed by atoms with Crippen LogP contribution in [0.1, 0.15) is 32.6 Å². The van der Waals surface area contributed by atoms with Gasteiger partial charge in [-0.25, -0.2) is 0 Å². The van der Waals surface area contributed by atoms with Gasteiger partial charge in [0.05, 0.1) is 0 Å². The molecule has 1 fully saturated rings. The van der Waals surface area contributed by atoms with Gasteiger partial charge in [0.15, 0.2) is 0 Å². The molecule has 1 aliphatic carbocycles. The third-order valence-electron chi connectivity index (χ3n) is 1.95. The van der Waals surface area contributed by atoms with E-state index >= 15 is 0 Å². The number of hydrogen-bond acceptors (Lipinski definition) is 0. The van der Waals surface area contributed by atoms with Crippen LogP contribution in [0.15, 0.2) is 11.6 Å².